The Balaban J connectivity index is 1.94. The van der Waals surface area contributed by atoms with Gasteiger partial charge >= 0.3 is 0 Å². The molecule has 1 heterocycles. The average molecular weight is 314 g/mol. The van der Waals surface area contributed by atoms with Crippen molar-refractivity contribution in [3.8, 4) is 0 Å². The monoisotopic (exact) mass is 314 g/mol. The Hall–Kier alpha value is -0.560. The molecule has 1 saturated heterocycles. The number of sulfonamides is 1. The van der Waals surface area contributed by atoms with Crippen LogP contribution >= 0.6 is 11.8 Å². The van der Waals surface area contributed by atoms with Crippen LogP contribution in [0.1, 0.15) is 25.3 Å². The Morgan fingerprint density at radius 3 is 2.65 bits per heavy atom. The number of hydrogen-bond acceptors (Lipinski definition) is 4. The van der Waals surface area contributed by atoms with Crippen LogP contribution in [0.2, 0.25) is 0 Å². The van der Waals surface area contributed by atoms with E-state index in [9.17, 15) is 8.42 Å². The third-order valence-corrected chi connectivity index (χ3v) is 6.18. The van der Waals surface area contributed by atoms with Crippen molar-refractivity contribution in [3.63, 3.8) is 0 Å². The van der Waals surface area contributed by atoms with Gasteiger partial charge in [0.2, 0.25) is 10.0 Å². The van der Waals surface area contributed by atoms with Crippen molar-refractivity contribution < 1.29 is 8.42 Å². The molecule has 4 nitrogen and oxygen atoms in total. The number of thioether (sulfide) groups is 1. The van der Waals surface area contributed by atoms with Crippen molar-refractivity contribution in [2.24, 2.45) is 0 Å². The maximum Gasteiger partial charge on any atom is 0.240 e. The number of nitrogens with one attached hydrogen (secondary N) is 2. The Labute approximate surface area is 125 Å². The normalized spacial score (nSPS) is 19.4. The predicted molar refractivity (Wildman–Crippen MR) is 84.5 cm³/mol. The number of rotatable bonds is 7. The van der Waals surface area contributed by atoms with Gasteiger partial charge in [-0.3, -0.25) is 0 Å². The molecule has 1 atom stereocenters. The summed E-state index contributed by atoms with van der Waals surface area (Å²) in [5.41, 5.74) is 1.09. The molecule has 0 aromatic heterocycles. The molecule has 1 aliphatic rings. The Morgan fingerprint density at radius 2 is 2.05 bits per heavy atom. The highest BCUT2D eigenvalue weighted by molar-refractivity contribution is 8.00. The summed E-state index contributed by atoms with van der Waals surface area (Å²) in [6.45, 7) is 4.25. The maximum absolute atomic E-state index is 12.2. The van der Waals surface area contributed by atoms with E-state index >= 15 is 0 Å². The first-order valence-corrected chi connectivity index (χ1v) is 9.56. The zero-order chi connectivity index (χ0) is 14.4. The molecule has 1 aliphatic heterocycles. The summed E-state index contributed by atoms with van der Waals surface area (Å²) in [5.74, 6) is 1.14. The van der Waals surface area contributed by atoms with Gasteiger partial charge in [-0.25, -0.2) is 13.1 Å². The molecule has 0 saturated carbocycles. The highest BCUT2D eigenvalue weighted by atomic mass is 32.2. The molecule has 6 heteroatoms. The van der Waals surface area contributed by atoms with E-state index in [1.807, 2.05) is 30.8 Å². The largest absolute Gasteiger partial charge is 0.313 e. The second-order valence-corrected chi connectivity index (χ2v) is 8.09. The van der Waals surface area contributed by atoms with Gasteiger partial charge in [0.05, 0.1) is 4.90 Å². The summed E-state index contributed by atoms with van der Waals surface area (Å²) in [4.78, 5) is 0.348. The van der Waals surface area contributed by atoms with Crippen LogP contribution in [0.25, 0.3) is 0 Å². The van der Waals surface area contributed by atoms with Gasteiger partial charge in [0.1, 0.15) is 0 Å². The lowest BCUT2D eigenvalue weighted by Crippen LogP contribution is -2.29. The zero-order valence-corrected chi connectivity index (χ0v) is 13.4. The molecule has 20 heavy (non-hydrogen) atoms. The smallest absolute Gasteiger partial charge is 0.240 e. The van der Waals surface area contributed by atoms with E-state index in [1.165, 1.54) is 6.42 Å². The van der Waals surface area contributed by atoms with Gasteiger partial charge in [-0.2, -0.15) is 11.8 Å². The summed E-state index contributed by atoms with van der Waals surface area (Å²) >= 11 is 1.85. The first-order chi connectivity index (χ1) is 9.62. The van der Waals surface area contributed by atoms with E-state index in [4.69, 9.17) is 0 Å². The lowest BCUT2D eigenvalue weighted by Gasteiger charge is -2.11. The maximum atomic E-state index is 12.2. The quantitative estimate of drug-likeness (QED) is 0.808. The molecule has 112 valence electrons. The zero-order valence-electron chi connectivity index (χ0n) is 11.8. The fourth-order valence-corrected chi connectivity index (χ4v) is 4.54. The van der Waals surface area contributed by atoms with Gasteiger partial charge in [-0.05, 0) is 42.8 Å². The van der Waals surface area contributed by atoms with E-state index in [1.54, 1.807) is 12.1 Å². The fraction of sp³-hybridized carbons (Fsp3) is 0.571. The molecule has 0 amide bonds. The summed E-state index contributed by atoms with van der Waals surface area (Å²) in [7, 11) is -3.37. The highest BCUT2D eigenvalue weighted by Crippen LogP contribution is 2.25. The second-order valence-electron chi connectivity index (χ2n) is 4.91. The molecule has 1 fully saturated rings. The third-order valence-electron chi connectivity index (χ3n) is 3.34. The lowest BCUT2D eigenvalue weighted by molar-refractivity contribution is 0.579. The van der Waals surface area contributed by atoms with E-state index in [2.05, 4.69) is 10.0 Å². The highest BCUT2D eigenvalue weighted by Gasteiger charge is 2.19. The van der Waals surface area contributed by atoms with Crippen molar-refractivity contribution in [1.29, 1.82) is 0 Å². The molecule has 0 bridgehead atoms. The number of hydrogen-bond donors (Lipinski definition) is 2. The molecule has 1 unspecified atom stereocenters. The molecule has 1 aromatic rings. The molecular formula is C14H22N2O2S2. The van der Waals surface area contributed by atoms with Crippen LogP contribution in [0.5, 0.6) is 0 Å². The molecular weight excluding hydrogens is 292 g/mol. The summed E-state index contributed by atoms with van der Waals surface area (Å²) < 4.78 is 27.1. The lowest BCUT2D eigenvalue weighted by atomic mass is 10.2. The SMILES string of the molecule is CCNCc1ccc(S(=O)(=O)NCC2CCCS2)cc1. The van der Waals surface area contributed by atoms with E-state index in [0.717, 1.165) is 30.8 Å². The minimum absolute atomic E-state index is 0.348. The van der Waals surface area contributed by atoms with Crippen molar-refractivity contribution in [2.45, 2.75) is 36.5 Å². The van der Waals surface area contributed by atoms with Crippen LogP contribution in [-0.4, -0.2) is 32.5 Å². The van der Waals surface area contributed by atoms with Crippen molar-refractivity contribution in [1.82, 2.24) is 10.0 Å². The van der Waals surface area contributed by atoms with E-state index < -0.39 is 10.0 Å². The fourth-order valence-electron chi connectivity index (χ4n) is 2.15. The minimum Gasteiger partial charge on any atom is -0.313 e. The van der Waals surface area contributed by atoms with Gasteiger partial charge in [0.15, 0.2) is 0 Å². The van der Waals surface area contributed by atoms with Crippen LogP contribution < -0.4 is 10.0 Å². The van der Waals surface area contributed by atoms with Gasteiger partial charge < -0.3 is 5.32 Å². The van der Waals surface area contributed by atoms with Crippen LogP contribution in [0.4, 0.5) is 0 Å². The van der Waals surface area contributed by atoms with E-state index in [0.29, 0.717) is 16.7 Å². The molecule has 0 radical (unpaired) electrons. The van der Waals surface area contributed by atoms with Crippen LogP contribution in [-0.2, 0) is 16.6 Å². The summed E-state index contributed by atoms with van der Waals surface area (Å²) in [6, 6.07) is 7.08. The topological polar surface area (TPSA) is 58.2 Å². The summed E-state index contributed by atoms with van der Waals surface area (Å²) in [6.07, 6.45) is 2.30. The van der Waals surface area contributed by atoms with Gasteiger partial charge in [-0.15, -0.1) is 0 Å². The van der Waals surface area contributed by atoms with Crippen molar-refractivity contribution in [3.05, 3.63) is 29.8 Å². The standard InChI is InChI=1S/C14H22N2O2S2/c1-2-15-10-12-5-7-14(8-6-12)20(17,18)16-11-13-4-3-9-19-13/h5-8,13,15-16H,2-4,9-11H2,1H3. The van der Waals surface area contributed by atoms with Gasteiger partial charge in [0, 0.05) is 18.3 Å². The molecule has 2 N–H and O–H groups in total. The van der Waals surface area contributed by atoms with Crippen molar-refractivity contribution >= 4 is 21.8 Å². The van der Waals surface area contributed by atoms with Crippen LogP contribution in [0.15, 0.2) is 29.2 Å². The predicted octanol–water partition coefficient (Wildman–Crippen LogP) is 1.97. The van der Waals surface area contributed by atoms with E-state index in [-0.39, 0.29) is 0 Å². The Morgan fingerprint density at radius 1 is 1.30 bits per heavy atom. The molecule has 0 aliphatic carbocycles. The van der Waals surface area contributed by atoms with Gasteiger partial charge in [0.25, 0.3) is 0 Å². The minimum atomic E-state index is -3.37. The van der Waals surface area contributed by atoms with Crippen molar-refractivity contribution in [2.75, 3.05) is 18.8 Å². The molecule has 0 spiro atoms. The third kappa shape index (κ3) is 4.48. The molecule has 2 rings (SSSR count). The Kier molecular flexibility index (Phi) is 5.89. The van der Waals surface area contributed by atoms with Gasteiger partial charge in [-0.1, -0.05) is 19.1 Å². The van der Waals surface area contributed by atoms with Crippen LogP contribution in [0, 0.1) is 0 Å². The number of benzene rings is 1. The van der Waals surface area contributed by atoms with Crippen LogP contribution in [0.3, 0.4) is 0 Å². The summed E-state index contributed by atoms with van der Waals surface area (Å²) in [5, 5.41) is 3.65. The Bertz CT molecular complexity index is 508. The first-order valence-electron chi connectivity index (χ1n) is 7.03. The average Bonchev–Trinajstić information content (AvgIpc) is 2.97. The first kappa shape index (κ1) is 15.8. The molecule has 1 aromatic carbocycles. The second kappa shape index (κ2) is 7.45.